The minimum absolute atomic E-state index is 0.130. The second-order valence-corrected chi connectivity index (χ2v) is 6.44. The van der Waals surface area contributed by atoms with E-state index in [1.807, 2.05) is 0 Å². The van der Waals surface area contributed by atoms with Gasteiger partial charge < -0.3 is 5.11 Å². The molecule has 1 aromatic rings. The van der Waals surface area contributed by atoms with E-state index in [9.17, 15) is 23.2 Å². The molecule has 0 amide bonds. The third kappa shape index (κ3) is 2.77. The van der Waals surface area contributed by atoms with Gasteiger partial charge in [-0.2, -0.15) is 4.31 Å². The number of sulfonamides is 1. The lowest BCUT2D eigenvalue weighted by atomic mass is 10.2. The van der Waals surface area contributed by atoms with Crippen LogP contribution in [0.5, 0.6) is 0 Å². The lowest BCUT2D eigenvalue weighted by Crippen LogP contribution is -2.40. The van der Waals surface area contributed by atoms with Crippen molar-refractivity contribution in [1.29, 1.82) is 0 Å². The number of nitrogens with zero attached hydrogens (tertiary/aromatic N) is 5. The van der Waals surface area contributed by atoms with Gasteiger partial charge in [-0.1, -0.05) is 17.2 Å². The minimum atomic E-state index is -4.25. The summed E-state index contributed by atoms with van der Waals surface area (Å²) in [6.07, 6.45) is -0.130. The number of rotatable bonds is 5. The molecule has 1 heterocycles. The molecule has 0 aliphatic carbocycles. The highest BCUT2D eigenvalue weighted by Gasteiger charge is 2.44. The first-order valence-corrected chi connectivity index (χ1v) is 7.57. The van der Waals surface area contributed by atoms with E-state index in [4.69, 9.17) is 5.53 Å². The van der Waals surface area contributed by atoms with Crippen molar-refractivity contribution < 1.29 is 18.3 Å². The van der Waals surface area contributed by atoms with Crippen molar-refractivity contribution in [3.05, 3.63) is 39.6 Å². The van der Waals surface area contributed by atoms with Gasteiger partial charge in [0.25, 0.3) is 0 Å². The fourth-order valence-corrected chi connectivity index (χ4v) is 4.06. The number of azide groups is 1. The van der Waals surface area contributed by atoms with E-state index in [1.165, 1.54) is 24.3 Å². The van der Waals surface area contributed by atoms with Crippen LogP contribution in [0.25, 0.3) is 10.4 Å². The largest absolute Gasteiger partial charge is 0.480 e. The summed E-state index contributed by atoms with van der Waals surface area (Å²) in [4.78, 5) is 24.2. The zero-order chi connectivity index (χ0) is 16.3. The second kappa shape index (κ2) is 6.10. The zero-order valence-electron chi connectivity index (χ0n) is 11.1. The third-order valence-corrected chi connectivity index (χ3v) is 5.21. The van der Waals surface area contributed by atoms with E-state index in [1.54, 1.807) is 0 Å². The fourth-order valence-electron chi connectivity index (χ4n) is 2.31. The lowest BCUT2D eigenvalue weighted by molar-refractivity contribution is -0.140. The molecule has 0 radical (unpaired) electrons. The molecule has 0 aromatic heterocycles. The van der Waals surface area contributed by atoms with Crippen molar-refractivity contribution >= 4 is 21.7 Å². The van der Waals surface area contributed by atoms with Crippen molar-refractivity contribution in [1.82, 2.24) is 4.31 Å². The number of hydrogen-bond acceptors (Lipinski definition) is 6. The topological polar surface area (TPSA) is 153 Å². The van der Waals surface area contributed by atoms with Crippen LogP contribution in [0, 0.1) is 4.91 Å². The molecular formula is C11H11N5O5S. The average molecular weight is 325 g/mol. The molecule has 1 fully saturated rings. The molecule has 1 saturated heterocycles. The Hall–Kier alpha value is -2.49. The van der Waals surface area contributed by atoms with Gasteiger partial charge in [0.05, 0.1) is 6.04 Å². The van der Waals surface area contributed by atoms with Crippen LogP contribution in [-0.4, -0.2) is 42.4 Å². The molecule has 0 spiro atoms. The Bertz CT molecular complexity index is 758. The normalized spacial score (nSPS) is 22.0. The second-order valence-electron chi connectivity index (χ2n) is 4.58. The summed E-state index contributed by atoms with van der Waals surface area (Å²) in [5.41, 5.74) is 8.12. The number of carbonyl (C=O) groups is 1. The number of aliphatic carboxylic acids is 1. The maximum atomic E-state index is 12.6. The van der Waals surface area contributed by atoms with Gasteiger partial charge in [-0.3, -0.25) is 4.79 Å². The number of benzene rings is 1. The maximum absolute atomic E-state index is 12.6. The molecule has 0 saturated carbocycles. The van der Waals surface area contributed by atoms with Gasteiger partial charge >= 0.3 is 5.97 Å². The molecule has 1 aliphatic rings. The SMILES string of the molecule is [N-]=[N+]=NC1C[C@@H](C(=O)O)N(S(=O)(=O)c2ccccc2N=O)C1. The molecule has 1 unspecified atom stereocenters. The Balaban J connectivity index is 2.49. The predicted octanol–water partition coefficient (Wildman–Crippen LogP) is 1.61. The monoisotopic (exact) mass is 325 g/mol. The summed E-state index contributed by atoms with van der Waals surface area (Å²) < 4.78 is 25.9. The van der Waals surface area contributed by atoms with Crippen LogP contribution in [0.1, 0.15) is 6.42 Å². The Morgan fingerprint density at radius 1 is 1.41 bits per heavy atom. The van der Waals surface area contributed by atoms with Gasteiger partial charge in [0.1, 0.15) is 16.6 Å². The summed E-state index contributed by atoms with van der Waals surface area (Å²) >= 11 is 0. The van der Waals surface area contributed by atoms with Crippen LogP contribution in [0.3, 0.4) is 0 Å². The summed E-state index contributed by atoms with van der Waals surface area (Å²) in [7, 11) is -4.25. The van der Waals surface area contributed by atoms with Crippen molar-refractivity contribution in [3.8, 4) is 0 Å². The molecular weight excluding hydrogens is 314 g/mol. The average Bonchev–Trinajstić information content (AvgIpc) is 2.92. The summed E-state index contributed by atoms with van der Waals surface area (Å²) in [6, 6.07) is 3.09. The third-order valence-electron chi connectivity index (χ3n) is 3.28. The van der Waals surface area contributed by atoms with Crippen LogP contribution in [-0.2, 0) is 14.8 Å². The maximum Gasteiger partial charge on any atom is 0.322 e. The molecule has 0 bridgehead atoms. The number of hydrogen-bond donors (Lipinski definition) is 1. The van der Waals surface area contributed by atoms with Gasteiger partial charge in [0.2, 0.25) is 10.0 Å². The van der Waals surface area contributed by atoms with Crippen molar-refractivity contribution in [3.63, 3.8) is 0 Å². The van der Waals surface area contributed by atoms with E-state index in [0.717, 1.165) is 4.31 Å². The Morgan fingerprint density at radius 2 is 2.09 bits per heavy atom. The molecule has 2 atom stereocenters. The first kappa shape index (κ1) is 15.9. The first-order chi connectivity index (χ1) is 10.4. The minimum Gasteiger partial charge on any atom is -0.480 e. The van der Waals surface area contributed by atoms with E-state index in [-0.39, 0.29) is 23.5 Å². The van der Waals surface area contributed by atoms with Crippen LogP contribution < -0.4 is 0 Å². The Kier molecular flexibility index (Phi) is 4.40. The fraction of sp³-hybridized carbons (Fsp3) is 0.364. The highest BCUT2D eigenvalue weighted by Crippen LogP contribution is 2.32. The summed E-state index contributed by atoms with van der Waals surface area (Å²) in [6.45, 7) is -0.267. The smallest absolute Gasteiger partial charge is 0.322 e. The van der Waals surface area contributed by atoms with Crippen molar-refractivity contribution in [2.45, 2.75) is 23.4 Å². The zero-order valence-corrected chi connectivity index (χ0v) is 11.9. The Morgan fingerprint density at radius 3 is 2.68 bits per heavy atom. The Labute approximate surface area is 125 Å². The molecule has 2 rings (SSSR count). The molecule has 1 N–H and O–H groups in total. The highest BCUT2D eigenvalue weighted by molar-refractivity contribution is 7.89. The van der Waals surface area contributed by atoms with E-state index >= 15 is 0 Å². The molecule has 1 aliphatic heterocycles. The highest BCUT2D eigenvalue weighted by atomic mass is 32.2. The molecule has 22 heavy (non-hydrogen) atoms. The van der Waals surface area contributed by atoms with Gasteiger partial charge in [-0.25, -0.2) is 8.42 Å². The van der Waals surface area contributed by atoms with Crippen LogP contribution in [0.4, 0.5) is 5.69 Å². The number of carboxylic acid groups (broad SMARTS) is 1. The molecule has 116 valence electrons. The lowest BCUT2D eigenvalue weighted by Gasteiger charge is -2.21. The number of carboxylic acids is 1. The molecule has 11 heteroatoms. The van der Waals surface area contributed by atoms with E-state index in [2.05, 4.69) is 15.2 Å². The van der Waals surface area contributed by atoms with Gasteiger partial charge in [-0.05, 0) is 29.3 Å². The molecule has 10 nitrogen and oxygen atoms in total. The standard InChI is InChI=1S/C11H11N5O5S/c12-15-13-7-5-9(11(17)18)16(6-7)22(20,21)10-4-2-1-3-8(10)14-19/h1-4,7,9H,5-6H2,(H,17,18)/t7?,9-/m0/s1. The van der Waals surface area contributed by atoms with Gasteiger partial charge in [0, 0.05) is 11.5 Å². The van der Waals surface area contributed by atoms with E-state index < -0.39 is 28.1 Å². The first-order valence-electron chi connectivity index (χ1n) is 6.13. The predicted molar refractivity (Wildman–Crippen MR) is 74.8 cm³/mol. The van der Waals surface area contributed by atoms with Crippen molar-refractivity contribution in [2.24, 2.45) is 10.3 Å². The summed E-state index contributed by atoms with van der Waals surface area (Å²) in [5.74, 6) is -1.35. The van der Waals surface area contributed by atoms with Crippen molar-refractivity contribution in [2.75, 3.05) is 6.54 Å². The van der Waals surface area contributed by atoms with Crippen LogP contribution in [0.2, 0.25) is 0 Å². The van der Waals surface area contributed by atoms with E-state index in [0.29, 0.717) is 0 Å². The quantitative estimate of drug-likeness (QED) is 0.377. The van der Waals surface area contributed by atoms with Gasteiger partial charge in [-0.15, -0.1) is 4.91 Å². The summed E-state index contributed by atoms with van der Waals surface area (Å²) in [5, 5.41) is 15.2. The molecule has 1 aromatic carbocycles. The van der Waals surface area contributed by atoms with Crippen LogP contribution >= 0.6 is 0 Å². The van der Waals surface area contributed by atoms with Crippen LogP contribution in [0.15, 0.2) is 39.5 Å². The number of nitroso groups, excluding NO2 is 1. The van der Waals surface area contributed by atoms with Gasteiger partial charge in [0.15, 0.2) is 0 Å².